The van der Waals surface area contributed by atoms with Gasteiger partial charge in [0.15, 0.2) is 0 Å². The van der Waals surface area contributed by atoms with Gasteiger partial charge in [0.2, 0.25) is 0 Å². The van der Waals surface area contributed by atoms with Crippen LogP contribution in [0.2, 0.25) is 0 Å². The molecule has 28 heavy (non-hydrogen) atoms. The van der Waals surface area contributed by atoms with Gasteiger partial charge in [-0.15, -0.1) is 0 Å². The van der Waals surface area contributed by atoms with E-state index in [-0.39, 0.29) is 0 Å². The van der Waals surface area contributed by atoms with Crippen molar-refractivity contribution >= 4 is 22.8 Å². The number of nitrogens with zero attached hydrogens (tertiary/aromatic N) is 2. The normalized spacial score (nSPS) is 12.4. The first-order chi connectivity index (χ1) is 13.4. The maximum absolute atomic E-state index is 4.92. The summed E-state index contributed by atoms with van der Waals surface area (Å²) in [5.74, 6) is 0. The Morgan fingerprint density at radius 1 is 0.536 bits per heavy atom. The third kappa shape index (κ3) is 4.28. The number of para-hydroxylation sites is 2. The molecule has 2 heteroatoms. The number of hydrogen-bond acceptors (Lipinski definition) is 2. The Bertz CT molecular complexity index is 948. The first kappa shape index (κ1) is 19.8. The summed E-state index contributed by atoms with van der Waals surface area (Å²) in [6.07, 6.45) is 0. The zero-order chi connectivity index (χ0) is 20.3. The zero-order valence-corrected chi connectivity index (χ0v) is 17.7. The van der Waals surface area contributed by atoms with Gasteiger partial charge in [0.05, 0.1) is 11.4 Å². The second-order valence-corrected chi connectivity index (χ2v) is 7.46. The molecule has 0 saturated heterocycles. The molecule has 0 atom stereocenters. The van der Waals surface area contributed by atoms with Gasteiger partial charge in [-0.05, 0) is 81.0 Å². The Labute approximate surface area is 168 Å². The van der Waals surface area contributed by atoms with Gasteiger partial charge in [-0.25, -0.2) is 0 Å². The Balaban J connectivity index is 1.98. The maximum atomic E-state index is 4.92. The van der Waals surface area contributed by atoms with Crippen LogP contribution in [-0.4, -0.2) is 11.4 Å². The fourth-order valence-electron chi connectivity index (χ4n) is 3.40. The molecule has 3 rings (SSSR count). The van der Waals surface area contributed by atoms with Crippen LogP contribution < -0.4 is 0 Å². The first-order valence-electron chi connectivity index (χ1n) is 9.70. The molecule has 0 unspecified atom stereocenters. The number of aliphatic imine (C=N–C) groups is 2. The summed E-state index contributed by atoms with van der Waals surface area (Å²) >= 11 is 0. The lowest BCUT2D eigenvalue weighted by Crippen LogP contribution is -2.00. The number of benzene rings is 3. The van der Waals surface area contributed by atoms with Crippen molar-refractivity contribution in [2.45, 2.75) is 41.5 Å². The highest BCUT2D eigenvalue weighted by Gasteiger charge is 2.07. The van der Waals surface area contributed by atoms with E-state index in [0.717, 1.165) is 33.9 Å². The minimum Gasteiger partial charge on any atom is -0.253 e. The quantitative estimate of drug-likeness (QED) is 0.435. The highest BCUT2D eigenvalue weighted by atomic mass is 14.8. The summed E-state index contributed by atoms with van der Waals surface area (Å²) < 4.78 is 0. The average molecular weight is 369 g/mol. The monoisotopic (exact) mass is 368 g/mol. The van der Waals surface area contributed by atoms with E-state index in [1.807, 2.05) is 0 Å². The second kappa shape index (κ2) is 8.35. The summed E-state index contributed by atoms with van der Waals surface area (Å²) in [6, 6.07) is 21.1. The van der Waals surface area contributed by atoms with E-state index >= 15 is 0 Å². The molecule has 0 radical (unpaired) electrons. The van der Waals surface area contributed by atoms with Crippen LogP contribution in [0, 0.1) is 27.7 Å². The van der Waals surface area contributed by atoms with Gasteiger partial charge in [-0.1, -0.05) is 54.6 Å². The van der Waals surface area contributed by atoms with Crippen LogP contribution in [0.15, 0.2) is 70.6 Å². The van der Waals surface area contributed by atoms with Crippen molar-refractivity contribution in [3.63, 3.8) is 0 Å². The molecular formula is C26H28N2. The molecule has 0 aliphatic heterocycles. The third-order valence-corrected chi connectivity index (χ3v) is 5.14. The minimum absolute atomic E-state index is 1.01. The summed E-state index contributed by atoms with van der Waals surface area (Å²) in [7, 11) is 0. The van der Waals surface area contributed by atoms with E-state index < -0.39 is 0 Å². The van der Waals surface area contributed by atoms with Gasteiger partial charge in [0.1, 0.15) is 0 Å². The molecule has 0 spiro atoms. The fraction of sp³-hybridized carbons (Fsp3) is 0.231. The van der Waals surface area contributed by atoms with Crippen LogP contribution in [0.3, 0.4) is 0 Å². The molecule has 0 aliphatic rings. The minimum atomic E-state index is 1.01. The highest BCUT2D eigenvalue weighted by molar-refractivity contribution is 6.05. The molecule has 0 bridgehead atoms. The summed E-state index contributed by atoms with van der Waals surface area (Å²) in [5.41, 5.74) is 11.2. The van der Waals surface area contributed by atoms with Gasteiger partial charge < -0.3 is 0 Å². The molecule has 0 saturated carbocycles. The van der Waals surface area contributed by atoms with Gasteiger partial charge in [-0.2, -0.15) is 0 Å². The van der Waals surface area contributed by atoms with E-state index in [4.69, 9.17) is 9.98 Å². The van der Waals surface area contributed by atoms with E-state index in [1.54, 1.807) is 0 Å². The van der Waals surface area contributed by atoms with Crippen molar-refractivity contribution in [3.8, 4) is 0 Å². The Morgan fingerprint density at radius 3 is 1.21 bits per heavy atom. The molecule has 3 aromatic rings. The summed E-state index contributed by atoms with van der Waals surface area (Å²) in [4.78, 5) is 9.84. The number of hydrogen-bond donors (Lipinski definition) is 0. The van der Waals surface area contributed by atoms with Gasteiger partial charge in [0, 0.05) is 11.4 Å². The lowest BCUT2D eigenvalue weighted by molar-refractivity contribution is 1.31. The van der Waals surface area contributed by atoms with E-state index in [0.29, 0.717) is 0 Å². The largest absolute Gasteiger partial charge is 0.253 e. The third-order valence-electron chi connectivity index (χ3n) is 5.14. The molecule has 0 amide bonds. The summed E-state index contributed by atoms with van der Waals surface area (Å²) in [5, 5.41) is 0. The highest BCUT2D eigenvalue weighted by Crippen LogP contribution is 2.26. The van der Waals surface area contributed by atoms with Gasteiger partial charge >= 0.3 is 0 Å². The van der Waals surface area contributed by atoms with Crippen LogP contribution >= 0.6 is 0 Å². The van der Waals surface area contributed by atoms with Crippen LogP contribution in [-0.2, 0) is 0 Å². The van der Waals surface area contributed by atoms with Crippen LogP contribution in [0.25, 0.3) is 0 Å². The Kier molecular flexibility index (Phi) is 5.89. The first-order valence-corrected chi connectivity index (χ1v) is 9.70. The van der Waals surface area contributed by atoms with Crippen LogP contribution in [0.4, 0.5) is 11.4 Å². The lowest BCUT2D eigenvalue weighted by Gasteiger charge is -2.10. The molecule has 3 aromatic carbocycles. The predicted octanol–water partition coefficient (Wildman–Crippen LogP) is 7.20. The van der Waals surface area contributed by atoms with E-state index in [9.17, 15) is 0 Å². The summed E-state index contributed by atoms with van der Waals surface area (Å²) in [6.45, 7) is 12.6. The SMILES string of the molecule is CC(=Nc1c(C)cccc1C)c1cccc(C(C)=Nc2c(C)cccc2C)c1. The van der Waals surface area contributed by atoms with Crippen molar-refractivity contribution in [2.75, 3.05) is 0 Å². The molecule has 2 nitrogen and oxygen atoms in total. The standard InChI is InChI=1S/C26H28N2/c1-17-10-7-11-18(2)25(17)27-21(5)23-14-9-15-24(16-23)22(6)28-26-19(3)12-8-13-20(26)4/h7-16H,1-6H3. The van der Waals surface area contributed by atoms with E-state index in [2.05, 4.69) is 102 Å². The van der Waals surface area contributed by atoms with Crippen molar-refractivity contribution in [1.29, 1.82) is 0 Å². The van der Waals surface area contributed by atoms with Crippen molar-refractivity contribution in [2.24, 2.45) is 9.98 Å². The van der Waals surface area contributed by atoms with E-state index in [1.165, 1.54) is 22.3 Å². The van der Waals surface area contributed by atoms with Crippen molar-refractivity contribution in [3.05, 3.63) is 94.0 Å². The molecular weight excluding hydrogens is 340 g/mol. The van der Waals surface area contributed by atoms with Crippen LogP contribution in [0.1, 0.15) is 47.2 Å². The second-order valence-electron chi connectivity index (χ2n) is 7.46. The number of rotatable bonds is 4. The Morgan fingerprint density at radius 2 is 0.857 bits per heavy atom. The van der Waals surface area contributed by atoms with Gasteiger partial charge in [-0.3, -0.25) is 9.98 Å². The van der Waals surface area contributed by atoms with Crippen molar-refractivity contribution < 1.29 is 0 Å². The fourth-order valence-corrected chi connectivity index (χ4v) is 3.40. The molecule has 0 N–H and O–H groups in total. The zero-order valence-electron chi connectivity index (χ0n) is 17.7. The number of aryl methyl sites for hydroxylation is 4. The smallest absolute Gasteiger partial charge is 0.0691 e. The van der Waals surface area contributed by atoms with Gasteiger partial charge in [0.25, 0.3) is 0 Å². The maximum Gasteiger partial charge on any atom is 0.0691 e. The lowest BCUT2D eigenvalue weighted by atomic mass is 10.0. The van der Waals surface area contributed by atoms with Crippen molar-refractivity contribution in [1.82, 2.24) is 0 Å². The van der Waals surface area contributed by atoms with Crippen LogP contribution in [0.5, 0.6) is 0 Å². The molecule has 0 aliphatic carbocycles. The Hall–Kier alpha value is -3.00. The molecule has 0 aromatic heterocycles. The average Bonchev–Trinajstić information content (AvgIpc) is 2.67. The molecule has 142 valence electrons. The molecule has 0 heterocycles. The molecule has 0 fully saturated rings. The predicted molar refractivity (Wildman–Crippen MR) is 122 cm³/mol. The topological polar surface area (TPSA) is 24.7 Å².